The summed E-state index contributed by atoms with van der Waals surface area (Å²) in [6, 6.07) is 0. The average Bonchev–Trinajstić information content (AvgIpc) is 2.92. The molecule has 0 saturated heterocycles. The molecular weight excluding hydrogens is 484 g/mol. The summed E-state index contributed by atoms with van der Waals surface area (Å²) >= 11 is 0. The molecule has 0 saturated carbocycles. The third-order valence-corrected chi connectivity index (χ3v) is 7.78. The highest BCUT2D eigenvalue weighted by atomic mass is 16.6. The highest BCUT2D eigenvalue weighted by Crippen LogP contribution is 2.15. The summed E-state index contributed by atoms with van der Waals surface area (Å²) in [5.41, 5.74) is 0. The number of hydrogen-bond acceptors (Lipinski definition) is 4. The Bertz CT molecular complexity index is 519. The fourth-order valence-electron chi connectivity index (χ4n) is 5.17. The molecule has 0 aromatic carbocycles. The van der Waals surface area contributed by atoms with Crippen molar-refractivity contribution >= 4 is 11.9 Å². The van der Waals surface area contributed by atoms with Crippen LogP contribution in [0.15, 0.2) is 0 Å². The third kappa shape index (κ3) is 31.3. The molecule has 0 rings (SSSR count). The maximum atomic E-state index is 12.0. The summed E-state index contributed by atoms with van der Waals surface area (Å²) in [5.74, 6) is -0.337. The van der Waals surface area contributed by atoms with Crippen LogP contribution in [0.3, 0.4) is 0 Å². The van der Waals surface area contributed by atoms with Gasteiger partial charge in [0.2, 0.25) is 0 Å². The molecule has 0 bridgehead atoms. The zero-order valence-electron chi connectivity index (χ0n) is 26.7. The molecule has 0 amide bonds. The Morgan fingerprint density at radius 3 is 1.05 bits per heavy atom. The van der Waals surface area contributed by atoms with Crippen molar-refractivity contribution in [1.29, 1.82) is 0 Å². The molecular formula is C35H68O4. The first kappa shape index (κ1) is 37.9. The largest absolute Gasteiger partial charge is 0.462 e. The van der Waals surface area contributed by atoms with Crippen molar-refractivity contribution in [3.63, 3.8) is 0 Å². The van der Waals surface area contributed by atoms with E-state index in [1.54, 1.807) is 6.92 Å². The van der Waals surface area contributed by atoms with Crippen LogP contribution >= 0.6 is 0 Å². The van der Waals surface area contributed by atoms with E-state index >= 15 is 0 Å². The number of carbonyl (C=O) groups excluding carboxylic acids is 2. The van der Waals surface area contributed by atoms with Crippen molar-refractivity contribution in [3.05, 3.63) is 0 Å². The van der Waals surface area contributed by atoms with E-state index in [4.69, 9.17) is 9.47 Å². The molecule has 0 aliphatic carbocycles. The molecule has 0 aliphatic rings. The molecule has 0 aliphatic heterocycles. The van der Waals surface area contributed by atoms with Crippen LogP contribution in [-0.2, 0) is 19.1 Å². The second-order valence-corrected chi connectivity index (χ2v) is 12.0. The van der Waals surface area contributed by atoms with E-state index in [1.165, 1.54) is 141 Å². The second kappa shape index (κ2) is 31.5. The zero-order chi connectivity index (χ0) is 28.7. The normalized spacial score (nSPS) is 12.0. The molecule has 0 spiro atoms. The van der Waals surface area contributed by atoms with Gasteiger partial charge < -0.3 is 9.47 Å². The number of esters is 2. The summed E-state index contributed by atoms with van der Waals surface area (Å²) in [4.78, 5) is 24.0. The third-order valence-electron chi connectivity index (χ3n) is 7.78. The van der Waals surface area contributed by atoms with Crippen LogP contribution in [0.25, 0.3) is 0 Å². The standard InChI is InChI=1S/C35H68O4/c1-4-6-8-10-12-14-16-18-20-22-24-26-28-30-34(36)38-32-33(3)39-35(37)31-29-27-25-23-21-19-17-15-13-11-9-7-5-2/h33H,4-32H2,1-3H3/t33-/m0/s1. The lowest BCUT2D eigenvalue weighted by Gasteiger charge is -2.13. The van der Waals surface area contributed by atoms with Gasteiger partial charge in [0.1, 0.15) is 12.7 Å². The van der Waals surface area contributed by atoms with E-state index in [0.29, 0.717) is 12.8 Å². The van der Waals surface area contributed by atoms with Crippen LogP contribution in [-0.4, -0.2) is 24.6 Å². The van der Waals surface area contributed by atoms with Gasteiger partial charge in [-0.1, -0.05) is 168 Å². The quantitative estimate of drug-likeness (QED) is 0.0634. The van der Waals surface area contributed by atoms with Crippen LogP contribution < -0.4 is 0 Å². The van der Waals surface area contributed by atoms with E-state index in [9.17, 15) is 9.59 Å². The smallest absolute Gasteiger partial charge is 0.306 e. The van der Waals surface area contributed by atoms with Crippen LogP contribution in [0.5, 0.6) is 0 Å². The first-order chi connectivity index (χ1) is 19.1. The SMILES string of the molecule is CCCCCCCCCCCCCCCC(=O)OC[C@H](C)OC(=O)CCCCCCCCCCCCCCC. The number of unbranched alkanes of at least 4 members (excludes halogenated alkanes) is 24. The minimum atomic E-state index is -0.366. The molecule has 0 fully saturated rings. The molecule has 4 nitrogen and oxygen atoms in total. The summed E-state index contributed by atoms with van der Waals surface area (Å²) in [7, 11) is 0. The predicted octanol–water partition coefficient (Wildman–Crippen LogP) is 11.4. The van der Waals surface area contributed by atoms with Gasteiger partial charge in [-0.15, -0.1) is 0 Å². The molecule has 4 heteroatoms. The van der Waals surface area contributed by atoms with Crippen molar-refractivity contribution in [2.24, 2.45) is 0 Å². The monoisotopic (exact) mass is 553 g/mol. The summed E-state index contributed by atoms with van der Waals surface area (Å²) in [5, 5.41) is 0. The minimum Gasteiger partial charge on any atom is -0.462 e. The van der Waals surface area contributed by atoms with Gasteiger partial charge in [0.05, 0.1) is 0 Å². The Hall–Kier alpha value is -1.06. The molecule has 1 atom stereocenters. The Kier molecular flexibility index (Phi) is 30.6. The summed E-state index contributed by atoms with van der Waals surface area (Å²) in [6.07, 6.45) is 34.2. The summed E-state index contributed by atoms with van der Waals surface area (Å²) < 4.78 is 10.7. The van der Waals surface area contributed by atoms with Crippen molar-refractivity contribution in [2.75, 3.05) is 6.61 Å². The lowest BCUT2D eigenvalue weighted by Crippen LogP contribution is -2.22. The zero-order valence-corrected chi connectivity index (χ0v) is 26.7. The van der Waals surface area contributed by atoms with Crippen molar-refractivity contribution in [2.45, 2.75) is 207 Å². The predicted molar refractivity (Wildman–Crippen MR) is 167 cm³/mol. The van der Waals surface area contributed by atoms with Gasteiger partial charge in [-0.3, -0.25) is 9.59 Å². The Morgan fingerprint density at radius 1 is 0.436 bits per heavy atom. The number of ether oxygens (including phenoxy) is 2. The molecule has 0 radical (unpaired) electrons. The van der Waals surface area contributed by atoms with E-state index in [-0.39, 0.29) is 24.6 Å². The van der Waals surface area contributed by atoms with E-state index < -0.39 is 0 Å². The highest BCUT2D eigenvalue weighted by Gasteiger charge is 2.12. The number of hydrogen-bond donors (Lipinski definition) is 0. The second-order valence-electron chi connectivity index (χ2n) is 12.0. The van der Waals surface area contributed by atoms with Gasteiger partial charge in [-0.2, -0.15) is 0 Å². The molecule has 0 unspecified atom stereocenters. The Balaban J connectivity index is 3.40. The maximum Gasteiger partial charge on any atom is 0.306 e. The van der Waals surface area contributed by atoms with Crippen LogP contribution in [0.2, 0.25) is 0 Å². The lowest BCUT2D eigenvalue weighted by atomic mass is 10.0. The first-order valence-corrected chi connectivity index (χ1v) is 17.4. The molecule has 0 N–H and O–H groups in total. The Morgan fingerprint density at radius 2 is 0.718 bits per heavy atom. The summed E-state index contributed by atoms with van der Waals surface area (Å²) in [6.45, 7) is 6.51. The fraction of sp³-hybridized carbons (Fsp3) is 0.943. The van der Waals surface area contributed by atoms with Crippen molar-refractivity contribution < 1.29 is 19.1 Å². The average molecular weight is 553 g/mol. The maximum absolute atomic E-state index is 12.0. The first-order valence-electron chi connectivity index (χ1n) is 17.4. The van der Waals surface area contributed by atoms with Crippen molar-refractivity contribution in [3.8, 4) is 0 Å². The van der Waals surface area contributed by atoms with Crippen molar-refractivity contribution in [1.82, 2.24) is 0 Å². The van der Waals surface area contributed by atoms with Gasteiger partial charge in [0.15, 0.2) is 0 Å². The van der Waals surface area contributed by atoms with Gasteiger partial charge in [0.25, 0.3) is 0 Å². The van der Waals surface area contributed by atoms with Gasteiger partial charge in [-0.25, -0.2) is 0 Å². The van der Waals surface area contributed by atoms with Crippen LogP contribution in [0.4, 0.5) is 0 Å². The topological polar surface area (TPSA) is 52.6 Å². The van der Waals surface area contributed by atoms with Crippen LogP contribution in [0, 0.1) is 0 Å². The van der Waals surface area contributed by atoms with Gasteiger partial charge in [0, 0.05) is 12.8 Å². The number of rotatable bonds is 31. The molecule has 39 heavy (non-hydrogen) atoms. The molecule has 0 heterocycles. The van der Waals surface area contributed by atoms with E-state index in [1.807, 2.05) is 0 Å². The van der Waals surface area contributed by atoms with Crippen LogP contribution in [0.1, 0.15) is 201 Å². The van der Waals surface area contributed by atoms with E-state index in [2.05, 4.69) is 13.8 Å². The highest BCUT2D eigenvalue weighted by molar-refractivity contribution is 5.70. The minimum absolute atomic E-state index is 0.168. The van der Waals surface area contributed by atoms with Gasteiger partial charge >= 0.3 is 11.9 Å². The molecule has 232 valence electrons. The fourth-order valence-corrected chi connectivity index (χ4v) is 5.17. The molecule has 0 aromatic rings. The Labute approximate surface area is 244 Å². The lowest BCUT2D eigenvalue weighted by molar-refractivity contribution is -0.158. The van der Waals surface area contributed by atoms with E-state index in [0.717, 1.165) is 25.7 Å². The van der Waals surface area contributed by atoms with Gasteiger partial charge in [-0.05, 0) is 19.8 Å². The molecule has 0 aromatic heterocycles. The number of carbonyl (C=O) groups is 2.